The summed E-state index contributed by atoms with van der Waals surface area (Å²) in [7, 11) is 0. The first kappa shape index (κ1) is 25.3. The molecule has 3 aromatic carbocycles. The molecule has 1 spiro atoms. The van der Waals surface area contributed by atoms with E-state index in [4.69, 9.17) is 0 Å². The quantitative estimate of drug-likeness (QED) is 0.407. The van der Waals surface area contributed by atoms with Crippen LogP contribution in [0.4, 0.5) is 11.4 Å². The zero-order chi connectivity index (χ0) is 27.5. The predicted molar refractivity (Wildman–Crippen MR) is 155 cm³/mol. The minimum absolute atomic E-state index is 0.0485. The number of benzene rings is 3. The van der Waals surface area contributed by atoms with Gasteiger partial charge in [-0.1, -0.05) is 107 Å². The second-order valence-corrected chi connectivity index (χ2v) is 12.0. The standard InChI is InChI=1S/C34H34N2O3/c1-5-10-21-15-17-23(18-16-21)30(37)28-29(31(38)33(2,3)4)36-26-14-9-6-11-22(26)19-20-27(36)34(28)24-12-7-8-13-25(24)35-32(34)39/h6-9,11-20,27-29H,5,10H2,1-4H3,(H,35,39)/t27-,28+,29+,34-/m1/s1. The summed E-state index contributed by atoms with van der Waals surface area (Å²) < 4.78 is 0. The van der Waals surface area contributed by atoms with Crippen LogP contribution in [-0.2, 0) is 21.4 Å². The van der Waals surface area contributed by atoms with Crippen LogP contribution in [-0.4, -0.2) is 29.6 Å². The van der Waals surface area contributed by atoms with Gasteiger partial charge in [-0.25, -0.2) is 0 Å². The fourth-order valence-corrected chi connectivity index (χ4v) is 6.87. The largest absolute Gasteiger partial charge is 0.352 e. The zero-order valence-electron chi connectivity index (χ0n) is 22.9. The monoisotopic (exact) mass is 518 g/mol. The van der Waals surface area contributed by atoms with E-state index in [9.17, 15) is 14.4 Å². The Labute approximate surface area is 229 Å². The molecule has 3 aliphatic rings. The van der Waals surface area contributed by atoms with Gasteiger partial charge in [0.25, 0.3) is 0 Å². The number of para-hydroxylation sites is 2. The van der Waals surface area contributed by atoms with Crippen molar-refractivity contribution < 1.29 is 14.4 Å². The Morgan fingerprint density at radius 2 is 1.64 bits per heavy atom. The molecule has 198 valence electrons. The Morgan fingerprint density at radius 1 is 0.949 bits per heavy atom. The Bertz CT molecular complexity index is 1510. The number of carbonyl (C=O) groups is 3. The number of nitrogens with one attached hydrogen (secondary N) is 1. The van der Waals surface area contributed by atoms with E-state index in [0.717, 1.165) is 35.2 Å². The summed E-state index contributed by atoms with van der Waals surface area (Å²) in [6, 6.07) is 21.9. The van der Waals surface area contributed by atoms with Crippen LogP contribution < -0.4 is 10.2 Å². The first-order valence-corrected chi connectivity index (χ1v) is 13.8. The van der Waals surface area contributed by atoms with E-state index in [1.54, 1.807) is 0 Å². The Balaban J connectivity index is 1.63. The highest BCUT2D eigenvalue weighted by Gasteiger charge is 2.70. The molecule has 39 heavy (non-hydrogen) atoms. The molecule has 0 radical (unpaired) electrons. The molecule has 1 saturated heterocycles. The molecule has 5 nitrogen and oxygen atoms in total. The summed E-state index contributed by atoms with van der Waals surface area (Å²) in [4.78, 5) is 45.5. The highest BCUT2D eigenvalue weighted by Crippen LogP contribution is 2.58. The van der Waals surface area contributed by atoms with E-state index in [1.165, 1.54) is 0 Å². The summed E-state index contributed by atoms with van der Waals surface area (Å²) in [5.41, 5.74) is 3.03. The number of fused-ring (bicyclic) bond motifs is 6. The molecule has 6 rings (SSSR count). The van der Waals surface area contributed by atoms with E-state index in [2.05, 4.69) is 17.1 Å². The first-order valence-electron chi connectivity index (χ1n) is 13.8. The van der Waals surface area contributed by atoms with Crippen LogP contribution in [0.3, 0.4) is 0 Å². The minimum atomic E-state index is -1.26. The van der Waals surface area contributed by atoms with Crippen molar-refractivity contribution in [3.05, 3.63) is 101 Å². The SMILES string of the molecule is CCCc1ccc(C(=O)[C@@H]2[C@@H](C(=O)C(C)(C)C)N3c4ccccc4C=C[C@@H]3[C@@]23C(=O)Nc2ccccc23)cc1. The molecule has 3 aliphatic heterocycles. The van der Waals surface area contributed by atoms with Crippen LogP contribution in [0.5, 0.6) is 0 Å². The van der Waals surface area contributed by atoms with Crippen molar-refractivity contribution in [2.24, 2.45) is 11.3 Å². The number of carbonyl (C=O) groups excluding carboxylic acids is 3. The molecular formula is C34H34N2O3. The normalized spacial score (nSPS) is 24.8. The van der Waals surface area contributed by atoms with Gasteiger partial charge in [0.1, 0.15) is 11.5 Å². The summed E-state index contributed by atoms with van der Waals surface area (Å²) >= 11 is 0. The van der Waals surface area contributed by atoms with E-state index in [1.807, 2.05) is 106 Å². The van der Waals surface area contributed by atoms with Crippen LogP contribution in [0.15, 0.2) is 78.9 Å². The van der Waals surface area contributed by atoms with Crippen molar-refractivity contribution in [3.8, 4) is 0 Å². The fourth-order valence-electron chi connectivity index (χ4n) is 6.87. The third kappa shape index (κ3) is 3.63. The molecule has 0 bridgehead atoms. The Hall–Kier alpha value is -3.99. The van der Waals surface area contributed by atoms with Gasteiger partial charge in [0.2, 0.25) is 5.91 Å². The summed E-state index contributed by atoms with van der Waals surface area (Å²) in [6.07, 6.45) is 5.99. The first-order chi connectivity index (χ1) is 18.7. The third-order valence-electron chi connectivity index (χ3n) is 8.61. The van der Waals surface area contributed by atoms with Crippen LogP contribution in [0.2, 0.25) is 0 Å². The van der Waals surface area contributed by atoms with Crippen LogP contribution in [0.25, 0.3) is 6.08 Å². The molecule has 1 amide bonds. The van der Waals surface area contributed by atoms with Gasteiger partial charge in [0.05, 0.1) is 12.0 Å². The lowest BCUT2D eigenvalue weighted by atomic mass is 9.63. The molecule has 0 saturated carbocycles. The lowest BCUT2D eigenvalue weighted by molar-refractivity contribution is -0.128. The van der Waals surface area contributed by atoms with Crippen molar-refractivity contribution in [1.29, 1.82) is 0 Å². The highest BCUT2D eigenvalue weighted by molar-refractivity contribution is 6.17. The van der Waals surface area contributed by atoms with Crippen LogP contribution in [0.1, 0.15) is 61.2 Å². The highest BCUT2D eigenvalue weighted by atomic mass is 16.2. The Kier molecular flexibility index (Phi) is 5.87. The maximum Gasteiger partial charge on any atom is 0.238 e. The van der Waals surface area contributed by atoms with Gasteiger partial charge in [-0.2, -0.15) is 0 Å². The molecule has 4 atom stereocenters. The predicted octanol–water partition coefficient (Wildman–Crippen LogP) is 6.23. The topological polar surface area (TPSA) is 66.5 Å². The average Bonchev–Trinajstić information content (AvgIpc) is 3.40. The number of rotatable bonds is 5. The van der Waals surface area contributed by atoms with Gasteiger partial charge in [-0.15, -0.1) is 0 Å². The van der Waals surface area contributed by atoms with Crippen LogP contribution >= 0.6 is 0 Å². The van der Waals surface area contributed by atoms with Crippen molar-refractivity contribution in [2.45, 2.75) is 58.0 Å². The molecule has 3 aromatic rings. The number of amides is 1. The lowest BCUT2D eigenvalue weighted by Crippen LogP contribution is -2.51. The molecule has 0 aromatic heterocycles. The van der Waals surface area contributed by atoms with E-state index in [0.29, 0.717) is 11.3 Å². The fraction of sp³-hybridized carbons (Fsp3) is 0.324. The zero-order valence-corrected chi connectivity index (χ0v) is 22.9. The smallest absolute Gasteiger partial charge is 0.238 e. The van der Waals surface area contributed by atoms with E-state index in [-0.39, 0.29) is 17.5 Å². The summed E-state index contributed by atoms with van der Waals surface area (Å²) in [5.74, 6) is -1.36. The van der Waals surface area contributed by atoms with E-state index >= 15 is 0 Å². The number of nitrogens with zero attached hydrogens (tertiary/aromatic N) is 1. The number of anilines is 2. The molecule has 0 unspecified atom stereocenters. The number of ketones is 2. The number of hydrogen-bond acceptors (Lipinski definition) is 4. The van der Waals surface area contributed by atoms with Gasteiger partial charge in [0, 0.05) is 22.4 Å². The van der Waals surface area contributed by atoms with Gasteiger partial charge in [-0.05, 0) is 35.2 Å². The minimum Gasteiger partial charge on any atom is -0.352 e. The van der Waals surface area contributed by atoms with Gasteiger partial charge < -0.3 is 10.2 Å². The number of aryl methyl sites for hydroxylation is 1. The molecule has 3 heterocycles. The van der Waals surface area contributed by atoms with Gasteiger partial charge >= 0.3 is 0 Å². The third-order valence-corrected chi connectivity index (χ3v) is 8.61. The second kappa shape index (κ2) is 9.04. The van der Waals surface area contributed by atoms with Crippen molar-refractivity contribution in [1.82, 2.24) is 0 Å². The maximum atomic E-state index is 14.7. The average molecular weight is 519 g/mol. The Morgan fingerprint density at radius 3 is 2.36 bits per heavy atom. The van der Waals surface area contributed by atoms with Crippen molar-refractivity contribution in [2.75, 3.05) is 10.2 Å². The molecule has 1 N–H and O–H groups in total. The van der Waals surface area contributed by atoms with Crippen molar-refractivity contribution in [3.63, 3.8) is 0 Å². The molecular weight excluding hydrogens is 484 g/mol. The molecule has 0 aliphatic carbocycles. The number of Topliss-reactive ketones (excluding diaryl/α,β-unsaturated/α-hetero) is 2. The molecule has 5 heteroatoms. The van der Waals surface area contributed by atoms with Crippen LogP contribution in [0, 0.1) is 11.3 Å². The second-order valence-electron chi connectivity index (χ2n) is 12.0. The number of hydrogen-bond donors (Lipinski definition) is 1. The molecule has 1 fully saturated rings. The summed E-state index contributed by atoms with van der Waals surface area (Å²) in [6.45, 7) is 7.81. The summed E-state index contributed by atoms with van der Waals surface area (Å²) in [5, 5.41) is 3.08. The van der Waals surface area contributed by atoms with Crippen molar-refractivity contribution >= 4 is 34.9 Å². The maximum absolute atomic E-state index is 14.7. The van der Waals surface area contributed by atoms with Gasteiger partial charge in [0.15, 0.2) is 11.6 Å². The van der Waals surface area contributed by atoms with E-state index < -0.39 is 28.8 Å². The van der Waals surface area contributed by atoms with Gasteiger partial charge in [-0.3, -0.25) is 14.4 Å². The lowest BCUT2D eigenvalue weighted by Gasteiger charge is -2.38.